The van der Waals surface area contributed by atoms with Crippen LogP contribution in [0.15, 0.2) is 24.3 Å². The molecule has 0 aromatic heterocycles. The highest BCUT2D eigenvalue weighted by Crippen LogP contribution is 2.13. The van der Waals surface area contributed by atoms with Crippen molar-refractivity contribution in [3.05, 3.63) is 27.8 Å². The molecule has 1 aromatic carbocycles. The number of halogens is 1. The van der Waals surface area contributed by atoms with Gasteiger partial charge in [-0.1, -0.05) is 0 Å². The van der Waals surface area contributed by atoms with Crippen LogP contribution in [0.4, 0.5) is 5.69 Å². The molecule has 76 valence electrons. The summed E-state index contributed by atoms with van der Waals surface area (Å²) in [6, 6.07) is 7.76. The maximum atomic E-state index is 11.5. The second-order valence-corrected chi connectivity index (χ2v) is 5.30. The minimum absolute atomic E-state index is 0.00530. The SMILES string of the molecule is CS[C@H](C)C(=O)Nc1ccc(I)cc1. The van der Waals surface area contributed by atoms with Gasteiger partial charge in [0.25, 0.3) is 0 Å². The van der Waals surface area contributed by atoms with E-state index < -0.39 is 0 Å². The van der Waals surface area contributed by atoms with Crippen LogP contribution in [0.3, 0.4) is 0 Å². The van der Waals surface area contributed by atoms with E-state index in [9.17, 15) is 4.79 Å². The normalized spacial score (nSPS) is 12.2. The Hall–Kier alpha value is -0.230. The molecule has 2 nitrogen and oxygen atoms in total. The Labute approximate surface area is 102 Å². The highest BCUT2D eigenvalue weighted by atomic mass is 127. The van der Waals surface area contributed by atoms with E-state index >= 15 is 0 Å². The van der Waals surface area contributed by atoms with Crippen molar-refractivity contribution in [3.8, 4) is 0 Å². The van der Waals surface area contributed by atoms with E-state index in [1.54, 1.807) is 11.8 Å². The molecule has 0 unspecified atom stereocenters. The molecule has 0 aliphatic rings. The van der Waals surface area contributed by atoms with E-state index in [4.69, 9.17) is 0 Å². The van der Waals surface area contributed by atoms with Crippen LogP contribution in [0, 0.1) is 3.57 Å². The molecule has 1 rings (SSSR count). The monoisotopic (exact) mass is 321 g/mol. The second kappa shape index (κ2) is 5.60. The first-order chi connectivity index (χ1) is 6.63. The van der Waals surface area contributed by atoms with Gasteiger partial charge in [0.15, 0.2) is 0 Å². The first kappa shape index (κ1) is 11.8. The number of amides is 1. The molecule has 0 aliphatic carbocycles. The number of carbonyl (C=O) groups is 1. The summed E-state index contributed by atoms with van der Waals surface area (Å²) in [6.45, 7) is 1.90. The summed E-state index contributed by atoms with van der Waals surface area (Å²) in [7, 11) is 0. The van der Waals surface area contributed by atoms with Crippen LogP contribution in [0.1, 0.15) is 6.92 Å². The number of thioether (sulfide) groups is 1. The Bertz CT molecular complexity index is 312. The molecule has 0 spiro atoms. The third-order valence-electron chi connectivity index (χ3n) is 1.83. The highest BCUT2D eigenvalue weighted by molar-refractivity contribution is 14.1. The third-order valence-corrected chi connectivity index (χ3v) is 3.47. The Morgan fingerprint density at radius 3 is 2.50 bits per heavy atom. The zero-order valence-electron chi connectivity index (χ0n) is 8.08. The van der Waals surface area contributed by atoms with Crippen LogP contribution < -0.4 is 5.32 Å². The van der Waals surface area contributed by atoms with E-state index in [0.29, 0.717) is 0 Å². The molecular weight excluding hydrogens is 309 g/mol. The maximum absolute atomic E-state index is 11.5. The lowest BCUT2D eigenvalue weighted by molar-refractivity contribution is -0.115. The number of benzene rings is 1. The van der Waals surface area contributed by atoms with E-state index in [1.807, 2.05) is 37.4 Å². The van der Waals surface area contributed by atoms with Gasteiger partial charge in [-0.3, -0.25) is 4.79 Å². The van der Waals surface area contributed by atoms with E-state index in [2.05, 4.69) is 27.9 Å². The first-order valence-corrected chi connectivity index (χ1v) is 6.59. The van der Waals surface area contributed by atoms with Crippen molar-refractivity contribution >= 4 is 45.9 Å². The Balaban J connectivity index is 2.60. The van der Waals surface area contributed by atoms with Gasteiger partial charge in [0.1, 0.15) is 0 Å². The minimum atomic E-state index is -0.00530. The summed E-state index contributed by atoms with van der Waals surface area (Å²) >= 11 is 3.78. The van der Waals surface area contributed by atoms with Gasteiger partial charge >= 0.3 is 0 Å². The summed E-state index contributed by atoms with van der Waals surface area (Å²) in [5, 5.41) is 2.85. The van der Waals surface area contributed by atoms with Gasteiger partial charge in [-0.2, -0.15) is 11.8 Å². The van der Waals surface area contributed by atoms with Crippen molar-refractivity contribution in [1.29, 1.82) is 0 Å². The fraction of sp³-hybridized carbons (Fsp3) is 0.300. The van der Waals surface area contributed by atoms with Crippen molar-refractivity contribution in [2.24, 2.45) is 0 Å². The van der Waals surface area contributed by atoms with Gasteiger partial charge in [-0.05, 0) is 60.0 Å². The van der Waals surface area contributed by atoms with Crippen molar-refractivity contribution < 1.29 is 4.79 Å². The van der Waals surface area contributed by atoms with Gasteiger partial charge < -0.3 is 5.32 Å². The van der Waals surface area contributed by atoms with E-state index in [0.717, 1.165) is 5.69 Å². The van der Waals surface area contributed by atoms with Gasteiger partial charge in [0, 0.05) is 9.26 Å². The molecule has 0 saturated heterocycles. The molecule has 0 radical (unpaired) electrons. The summed E-state index contributed by atoms with van der Waals surface area (Å²) in [4.78, 5) is 11.5. The number of anilines is 1. The number of rotatable bonds is 3. The van der Waals surface area contributed by atoms with Gasteiger partial charge in [0.2, 0.25) is 5.91 Å². The summed E-state index contributed by atoms with van der Waals surface area (Å²) < 4.78 is 1.17. The molecule has 0 fully saturated rings. The highest BCUT2D eigenvalue weighted by Gasteiger charge is 2.10. The van der Waals surface area contributed by atoms with Crippen LogP contribution in [0.5, 0.6) is 0 Å². The van der Waals surface area contributed by atoms with E-state index in [1.165, 1.54) is 3.57 Å². The molecule has 0 saturated carbocycles. The van der Waals surface area contributed by atoms with Crippen molar-refractivity contribution in [2.75, 3.05) is 11.6 Å². The fourth-order valence-electron chi connectivity index (χ4n) is 0.884. The molecule has 1 amide bonds. The van der Waals surface area contributed by atoms with Crippen LogP contribution in [0.2, 0.25) is 0 Å². The lowest BCUT2D eigenvalue weighted by Crippen LogP contribution is -2.21. The molecule has 1 aromatic rings. The Morgan fingerprint density at radius 2 is 2.00 bits per heavy atom. The van der Waals surface area contributed by atoms with Crippen molar-refractivity contribution in [1.82, 2.24) is 0 Å². The average Bonchev–Trinajstić information content (AvgIpc) is 2.20. The molecule has 0 heterocycles. The zero-order chi connectivity index (χ0) is 10.6. The standard InChI is InChI=1S/C10H12INOS/c1-7(14-2)10(13)12-9-5-3-8(11)4-6-9/h3-7H,1-2H3,(H,12,13)/t7-/m1/s1. The smallest absolute Gasteiger partial charge is 0.237 e. The zero-order valence-corrected chi connectivity index (χ0v) is 11.1. The number of hydrogen-bond acceptors (Lipinski definition) is 2. The largest absolute Gasteiger partial charge is 0.325 e. The van der Waals surface area contributed by atoms with Crippen LogP contribution >= 0.6 is 34.4 Å². The minimum Gasteiger partial charge on any atom is -0.325 e. The van der Waals surface area contributed by atoms with Gasteiger partial charge in [-0.25, -0.2) is 0 Å². The third kappa shape index (κ3) is 3.49. The quantitative estimate of drug-likeness (QED) is 0.867. The summed E-state index contributed by atoms with van der Waals surface area (Å²) in [6.07, 6.45) is 1.93. The van der Waals surface area contributed by atoms with E-state index in [-0.39, 0.29) is 11.2 Å². The lowest BCUT2D eigenvalue weighted by Gasteiger charge is -2.09. The molecule has 14 heavy (non-hydrogen) atoms. The first-order valence-electron chi connectivity index (χ1n) is 4.22. The van der Waals surface area contributed by atoms with Crippen LogP contribution in [-0.4, -0.2) is 17.4 Å². The summed E-state index contributed by atoms with van der Waals surface area (Å²) in [5.41, 5.74) is 0.858. The predicted octanol–water partition coefficient (Wildman–Crippen LogP) is 2.98. The van der Waals surface area contributed by atoms with Crippen LogP contribution in [0.25, 0.3) is 0 Å². The molecule has 1 N–H and O–H groups in total. The van der Waals surface area contributed by atoms with Crippen LogP contribution in [-0.2, 0) is 4.79 Å². The Kier molecular flexibility index (Phi) is 4.74. The molecule has 0 bridgehead atoms. The van der Waals surface area contributed by atoms with Gasteiger partial charge in [-0.15, -0.1) is 0 Å². The van der Waals surface area contributed by atoms with Crippen molar-refractivity contribution in [3.63, 3.8) is 0 Å². The van der Waals surface area contributed by atoms with Crippen molar-refractivity contribution in [2.45, 2.75) is 12.2 Å². The summed E-state index contributed by atoms with van der Waals surface area (Å²) in [5.74, 6) is 0.0544. The average molecular weight is 321 g/mol. The molecule has 0 aliphatic heterocycles. The second-order valence-electron chi connectivity index (χ2n) is 2.87. The lowest BCUT2D eigenvalue weighted by atomic mass is 10.3. The molecular formula is C10H12INOS. The number of carbonyl (C=O) groups excluding carboxylic acids is 1. The molecule has 4 heteroatoms. The topological polar surface area (TPSA) is 29.1 Å². The Morgan fingerprint density at radius 1 is 1.43 bits per heavy atom. The fourth-order valence-corrected chi connectivity index (χ4v) is 1.52. The number of hydrogen-bond donors (Lipinski definition) is 1. The number of nitrogens with one attached hydrogen (secondary N) is 1. The predicted molar refractivity (Wildman–Crippen MR) is 70.8 cm³/mol. The van der Waals surface area contributed by atoms with Gasteiger partial charge in [0.05, 0.1) is 5.25 Å². The maximum Gasteiger partial charge on any atom is 0.237 e. The molecule has 1 atom stereocenters.